The van der Waals surface area contributed by atoms with E-state index in [1.165, 1.54) is 12.1 Å². The molecule has 0 spiro atoms. The molecule has 0 unspecified atom stereocenters. The van der Waals surface area contributed by atoms with Gasteiger partial charge in [-0.1, -0.05) is 30.4 Å². The minimum Gasteiger partial charge on any atom is -0.506 e. The van der Waals surface area contributed by atoms with E-state index >= 15 is 0 Å². The molecule has 7 heteroatoms. The lowest BCUT2D eigenvalue weighted by Crippen LogP contribution is -2.08. The summed E-state index contributed by atoms with van der Waals surface area (Å²) in [5.41, 5.74) is 2.72. The van der Waals surface area contributed by atoms with Gasteiger partial charge in [-0.05, 0) is 59.2 Å². The average Bonchev–Trinajstić information content (AvgIpc) is 2.87. The summed E-state index contributed by atoms with van der Waals surface area (Å²) in [6, 6.07) is 15.9. The molecule has 0 heterocycles. The van der Waals surface area contributed by atoms with Crippen molar-refractivity contribution in [2.24, 2.45) is 0 Å². The first-order valence-electron chi connectivity index (χ1n) is 10.4. The number of amides is 1. The molecule has 3 rings (SSSR count). The molecule has 1 amide bonds. The lowest BCUT2D eigenvalue weighted by molar-refractivity contribution is -0.111. The third-order valence-electron chi connectivity index (χ3n) is 4.95. The van der Waals surface area contributed by atoms with Gasteiger partial charge in [-0.2, -0.15) is 0 Å². The predicted molar refractivity (Wildman–Crippen MR) is 134 cm³/mol. The quantitative estimate of drug-likeness (QED) is 0.257. The van der Waals surface area contributed by atoms with Crippen LogP contribution >= 0.6 is 0 Å². The fraction of sp³-hybridized carbons (Fsp3) is 0.148. The summed E-state index contributed by atoms with van der Waals surface area (Å²) in [5, 5.41) is 12.9. The lowest BCUT2D eigenvalue weighted by atomic mass is 10.1. The highest BCUT2D eigenvalue weighted by Crippen LogP contribution is 2.38. The van der Waals surface area contributed by atoms with Gasteiger partial charge >= 0.3 is 0 Å². The van der Waals surface area contributed by atoms with Gasteiger partial charge in [0.25, 0.3) is 0 Å². The molecule has 0 radical (unpaired) electrons. The van der Waals surface area contributed by atoms with Crippen molar-refractivity contribution in [3.8, 4) is 28.7 Å². The molecule has 7 nitrogen and oxygen atoms in total. The first-order chi connectivity index (χ1) is 16.5. The minimum atomic E-state index is -0.371. The number of rotatable bonds is 9. The van der Waals surface area contributed by atoms with Gasteiger partial charge < -0.3 is 29.4 Å². The second kappa shape index (κ2) is 11.5. The summed E-state index contributed by atoms with van der Waals surface area (Å²) in [7, 11) is 6.25. The molecule has 3 aromatic carbocycles. The van der Waals surface area contributed by atoms with Crippen LogP contribution in [-0.2, 0) is 4.79 Å². The van der Waals surface area contributed by atoms with Gasteiger partial charge in [-0.15, -0.1) is 0 Å². The molecule has 0 bridgehead atoms. The molecular formula is C27H27NO6. The summed E-state index contributed by atoms with van der Waals surface area (Å²) in [5.74, 6) is 1.90. The van der Waals surface area contributed by atoms with Crippen LogP contribution in [0.2, 0.25) is 0 Å². The molecule has 0 saturated carbocycles. The van der Waals surface area contributed by atoms with Gasteiger partial charge in [0.05, 0.1) is 34.1 Å². The topological polar surface area (TPSA) is 86.3 Å². The second-order valence-electron chi connectivity index (χ2n) is 7.17. The molecular weight excluding hydrogens is 434 g/mol. The number of hydrogen-bond acceptors (Lipinski definition) is 6. The Balaban J connectivity index is 1.76. The van der Waals surface area contributed by atoms with Crippen molar-refractivity contribution in [3.05, 3.63) is 77.4 Å². The van der Waals surface area contributed by atoms with Crippen molar-refractivity contribution in [2.75, 3.05) is 33.8 Å². The maximum Gasteiger partial charge on any atom is 0.248 e. The van der Waals surface area contributed by atoms with E-state index < -0.39 is 0 Å². The highest BCUT2D eigenvalue weighted by Gasteiger charge is 2.12. The van der Waals surface area contributed by atoms with E-state index in [1.54, 1.807) is 46.6 Å². The van der Waals surface area contributed by atoms with Gasteiger partial charge in [0, 0.05) is 6.08 Å². The van der Waals surface area contributed by atoms with E-state index in [0.29, 0.717) is 28.7 Å². The third-order valence-corrected chi connectivity index (χ3v) is 4.95. The fourth-order valence-corrected chi connectivity index (χ4v) is 3.24. The normalized spacial score (nSPS) is 10.9. The highest BCUT2D eigenvalue weighted by atomic mass is 16.5. The van der Waals surface area contributed by atoms with Crippen LogP contribution < -0.4 is 24.3 Å². The standard InChI is InChI=1S/C27H27NO6/c1-31-21-7-5-6-18(14-21)11-13-26(30)28-22-15-19(10-12-23(22)29)8-9-20-16-24(32-2)27(34-4)25(17-20)33-3/h5-17,29H,1-4H3,(H,28,30)/b9-8+,13-11+. The van der Waals surface area contributed by atoms with Gasteiger partial charge in [-0.25, -0.2) is 0 Å². The molecule has 0 saturated heterocycles. The molecule has 0 aliphatic heterocycles. The van der Waals surface area contributed by atoms with Crippen LogP contribution in [0, 0.1) is 0 Å². The van der Waals surface area contributed by atoms with Crippen LogP contribution in [0.25, 0.3) is 18.2 Å². The second-order valence-corrected chi connectivity index (χ2v) is 7.17. The predicted octanol–water partition coefficient (Wildman–Crippen LogP) is 5.25. The van der Waals surface area contributed by atoms with E-state index in [2.05, 4.69) is 5.32 Å². The number of hydrogen-bond donors (Lipinski definition) is 2. The first kappa shape index (κ1) is 24.3. The molecule has 0 fully saturated rings. The van der Waals surface area contributed by atoms with Crippen LogP contribution in [0.1, 0.15) is 16.7 Å². The number of carbonyl (C=O) groups excluding carboxylic acids is 1. The number of phenols is 1. The largest absolute Gasteiger partial charge is 0.506 e. The van der Waals surface area contributed by atoms with Crippen molar-refractivity contribution in [3.63, 3.8) is 0 Å². The maximum absolute atomic E-state index is 12.4. The van der Waals surface area contributed by atoms with Crippen LogP contribution in [0.4, 0.5) is 5.69 Å². The number of aromatic hydroxyl groups is 1. The maximum atomic E-state index is 12.4. The average molecular weight is 462 g/mol. The minimum absolute atomic E-state index is 0.0342. The molecule has 2 N–H and O–H groups in total. The van der Waals surface area contributed by atoms with Gasteiger partial charge in [0.1, 0.15) is 11.5 Å². The van der Waals surface area contributed by atoms with Crippen molar-refractivity contribution in [1.29, 1.82) is 0 Å². The summed E-state index contributed by atoms with van der Waals surface area (Å²) >= 11 is 0. The number of benzene rings is 3. The highest BCUT2D eigenvalue weighted by molar-refractivity contribution is 6.03. The fourth-order valence-electron chi connectivity index (χ4n) is 3.24. The number of nitrogens with one attached hydrogen (secondary N) is 1. The van der Waals surface area contributed by atoms with Gasteiger partial charge in [-0.3, -0.25) is 4.79 Å². The van der Waals surface area contributed by atoms with Gasteiger partial charge in [0.15, 0.2) is 11.5 Å². The van der Waals surface area contributed by atoms with Gasteiger partial charge in [0.2, 0.25) is 11.7 Å². The first-order valence-corrected chi connectivity index (χ1v) is 10.4. The summed E-state index contributed by atoms with van der Waals surface area (Å²) in [6.07, 6.45) is 6.78. The Kier molecular flexibility index (Phi) is 8.18. The van der Waals surface area contributed by atoms with Crippen molar-refractivity contribution in [1.82, 2.24) is 0 Å². The van der Waals surface area contributed by atoms with Crippen molar-refractivity contribution >= 4 is 29.8 Å². The van der Waals surface area contributed by atoms with Crippen molar-refractivity contribution < 1.29 is 28.8 Å². The van der Waals surface area contributed by atoms with Crippen molar-refractivity contribution in [2.45, 2.75) is 0 Å². The third kappa shape index (κ3) is 6.10. The van der Waals surface area contributed by atoms with E-state index in [0.717, 1.165) is 16.7 Å². The summed E-state index contributed by atoms with van der Waals surface area (Å²) < 4.78 is 21.3. The zero-order valence-electron chi connectivity index (χ0n) is 19.5. The molecule has 176 valence electrons. The molecule has 0 aromatic heterocycles. The number of ether oxygens (including phenoxy) is 4. The smallest absolute Gasteiger partial charge is 0.248 e. The lowest BCUT2D eigenvalue weighted by Gasteiger charge is -2.12. The number of phenolic OH excluding ortho intramolecular Hbond substituents is 1. The summed E-state index contributed by atoms with van der Waals surface area (Å²) in [4.78, 5) is 12.4. The Labute approximate surface area is 198 Å². The van der Waals surface area contributed by atoms with Crippen LogP contribution in [0.15, 0.2) is 60.7 Å². The zero-order chi connectivity index (χ0) is 24.5. The van der Waals surface area contributed by atoms with Crippen LogP contribution in [-0.4, -0.2) is 39.5 Å². The molecule has 0 atom stereocenters. The Morgan fingerprint density at radius 2 is 1.44 bits per heavy atom. The number of anilines is 1. The van der Waals surface area contributed by atoms with E-state index in [9.17, 15) is 9.90 Å². The zero-order valence-corrected chi connectivity index (χ0v) is 19.5. The Morgan fingerprint density at radius 1 is 0.765 bits per heavy atom. The molecule has 34 heavy (non-hydrogen) atoms. The molecule has 0 aliphatic carbocycles. The monoisotopic (exact) mass is 461 g/mol. The number of methoxy groups -OCH3 is 4. The Morgan fingerprint density at radius 3 is 2.09 bits per heavy atom. The Bertz CT molecular complexity index is 1190. The van der Waals surface area contributed by atoms with E-state index in [1.807, 2.05) is 48.6 Å². The van der Waals surface area contributed by atoms with E-state index in [4.69, 9.17) is 18.9 Å². The molecule has 0 aliphatic rings. The van der Waals surface area contributed by atoms with E-state index in [-0.39, 0.29) is 11.7 Å². The SMILES string of the molecule is COc1cccc(/C=C/C(=O)Nc2cc(/C=C/c3cc(OC)c(OC)c(OC)c3)ccc2O)c1. The van der Waals surface area contributed by atoms with Crippen LogP contribution in [0.5, 0.6) is 28.7 Å². The summed E-state index contributed by atoms with van der Waals surface area (Å²) in [6.45, 7) is 0. The molecule has 3 aromatic rings. The Hall–Kier alpha value is -4.39. The van der Waals surface area contributed by atoms with Crippen LogP contribution in [0.3, 0.4) is 0 Å². The number of carbonyl (C=O) groups is 1.